The van der Waals surface area contributed by atoms with Crippen LogP contribution in [0.5, 0.6) is 0 Å². The highest BCUT2D eigenvalue weighted by Crippen LogP contribution is 2.37. The first-order chi connectivity index (χ1) is 13.2. The standard InChI is InChI=1S/C17H20F3NO4.CH2O2/c18-17(19,20)12-4-2-1-3-11(12)15(24)21-8-6-16(7-9-21)14(23)13(22)5-10-25-16;2-1-3/h1-4,13-14,22-23H,5-10H2;1H,(H,2,3)/t13-,14-;/m0./s1. The predicted octanol–water partition coefficient (Wildman–Crippen LogP) is 1.52. The molecule has 10 heteroatoms. The SMILES string of the molecule is O=C(c1ccccc1C(F)(F)F)N1CCC2(CC1)OCC[C@H](O)[C@@H]2O.O=CO. The number of ether oxygens (including phenoxy) is 1. The third-order valence-corrected chi connectivity index (χ3v) is 5.07. The number of likely N-dealkylation sites (tertiary alicyclic amines) is 1. The highest BCUT2D eigenvalue weighted by atomic mass is 19.4. The van der Waals surface area contributed by atoms with Gasteiger partial charge in [0.25, 0.3) is 12.4 Å². The van der Waals surface area contributed by atoms with Crippen molar-refractivity contribution in [3.05, 3.63) is 35.4 Å². The summed E-state index contributed by atoms with van der Waals surface area (Å²) in [5.74, 6) is -0.686. The maximum atomic E-state index is 13.1. The van der Waals surface area contributed by atoms with Gasteiger partial charge in [0.05, 0.1) is 29.4 Å². The van der Waals surface area contributed by atoms with Crippen molar-refractivity contribution in [3.8, 4) is 0 Å². The molecule has 1 amide bonds. The minimum Gasteiger partial charge on any atom is -0.483 e. The topological polar surface area (TPSA) is 107 Å². The zero-order valence-electron chi connectivity index (χ0n) is 14.9. The summed E-state index contributed by atoms with van der Waals surface area (Å²) >= 11 is 0. The van der Waals surface area contributed by atoms with Crippen molar-refractivity contribution in [2.75, 3.05) is 19.7 Å². The van der Waals surface area contributed by atoms with E-state index in [1.807, 2.05) is 0 Å². The van der Waals surface area contributed by atoms with Crippen molar-refractivity contribution < 1.29 is 42.8 Å². The number of hydrogen-bond donors (Lipinski definition) is 3. The molecule has 0 radical (unpaired) electrons. The van der Waals surface area contributed by atoms with Crippen molar-refractivity contribution >= 4 is 12.4 Å². The van der Waals surface area contributed by atoms with Crippen molar-refractivity contribution in [2.45, 2.75) is 43.2 Å². The number of aliphatic hydroxyl groups excluding tert-OH is 2. The van der Waals surface area contributed by atoms with E-state index < -0.39 is 35.5 Å². The van der Waals surface area contributed by atoms with Crippen LogP contribution in [0, 0.1) is 0 Å². The maximum Gasteiger partial charge on any atom is 0.417 e. The Morgan fingerprint density at radius 2 is 1.79 bits per heavy atom. The highest BCUT2D eigenvalue weighted by molar-refractivity contribution is 5.96. The Morgan fingerprint density at radius 3 is 2.36 bits per heavy atom. The Hall–Kier alpha value is -2.17. The summed E-state index contributed by atoms with van der Waals surface area (Å²) in [6, 6.07) is 4.71. The van der Waals surface area contributed by atoms with Gasteiger partial charge in [-0.2, -0.15) is 13.2 Å². The van der Waals surface area contributed by atoms with Crippen LogP contribution in [0.25, 0.3) is 0 Å². The van der Waals surface area contributed by atoms with Gasteiger partial charge in [-0.15, -0.1) is 0 Å². The number of carbonyl (C=O) groups is 2. The van der Waals surface area contributed by atoms with Gasteiger partial charge in [0.15, 0.2) is 0 Å². The largest absolute Gasteiger partial charge is 0.483 e. The van der Waals surface area contributed by atoms with E-state index in [0.29, 0.717) is 13.0 Å². The Balaban J connectivity index is 0.000000878. The lowest BCUT2D eigenvalue weighted by Gasteiger charge is -2.48. The van der Waals surface area contributed by atoms with Crippen LogP contribution < -0.4 is 0 Å². The molecule has 0 bridgehead atoms. The van der Waals surface area contributed by atoms with E-state index in [9.17, 15) is 28.2 Å². The summed E-state index contributed by atoms with van der Waals surface area (Å²) in [5, 5.41) is 26.9. The molecule has 1 spiro atoms. The summed E-state index contributed by atoms with van der Waals surface area (Å²) < 4.78 is 45.0. The molecule has 3 N–H and O–H groups in total. The first kappa shape index (κ1) is 22.1. The molecular weight excluding hydrogens is 383 g/mol. The molecule has 2 atom stereocenters. The lowest BCUT2D eigenvalue weighted by Crippen LogP contribution is -2.60. The quantitative estimate of drug-likeness (QED) is 0.612. The predicted molar refractivity (Wildman–Crippen MR) is 90.6 cm³/mol. The van der Waals surface area contributed by atoms with E-state index in [1.165, 1.54) is 23.1 Å². The molecule has 3 rings (SSSR count). The number of benzene rings is 1. The minimum atomic E-state index is -4.60. The number of nitrogens with zero attached hydrogens (tertiary/aromatic N) is 1. The van der Waals surface area contributed by atoms with E-state index in [0.717, 1.165) is 6.07 Å². The van der Waals surface area contributed by atoms with Gasteiger partial charge in [0, 0.05) is 13.1 Å². The molecule has 2 heterocycles. The van der Waals surface area contributed by atoms with Crippen molar-refractivity contribution in [3.63, 3.8) is 0 Å². The molecule has 7 nitrogen and oxygen atoms in total. The Kier molecular flexibility index (Phi) is 7.02. The number of carboxylic acid groups (broad SMARTS) is 1. The number of halogens is 3. The van der Waals surface area contributed by atoms with Crippen molar-refractivity contribution in [1.29, 1.82) is 0 Å². The molecule has 0 saturated carbocycles. The fourth-order valence-electron chi connectivity index (χ4n) is 3.59. The number of aliphatic hydroxyl groups is 2. The van der Waals surface area contributed by atoms with Gasteiger partial charge in [-0.25, -0.2) is 0 Å². The summed E-state index contributed by atoms with van der Waals surface area (Å²) in [4.78, 5) is 22.3. The molecule has 156 valence electrons. The average molecular weight is 405 g/mol. The molecule has 2 fully saturated rings. The summed E-state index contributed by atoms with van der Waals surface area (Å²) in [6.07, 6.45) is -5.67. The normalized spacial score (nSPS) is 24.2. The Bertz CT molecular complexity index is 688. The van der Waals surface area contributed by atoms with E-state index in [4.69, 9.17) is 14.6 Å². The van der Waals surface area contributed by atoms with Crippen LogP contribution in [0.15, 0.2) is 24.3 Å². The Labute approximate surface area is 159 Å². The summed E-state index contributed by atoms with van der Waals surface area (Å²) in [7, 11) is 0. The number of alkyl halides is 3. The first-order valence-corrected chi connectivity index (χ1v) is 8.69. The lowest BCUT2D eigenvalue weighted by atomic mass is 9.80. The van der Waals surface area contributed by atoms with Crippen LogP contribution in [0.2, 0.25) is 0 Å². The van der Waals surface area contributed by atoms with E-state index >= 15 is 0 Å². The number of carbonyl (C=O) groups excluding carboxylic acids is 1. The fraction of sp³-hybridized carbons (Fsp3) is 0.556. The van der Waals surface area contributed by atoms with Crippen LogP contribution in [0.4, 0.5) is 13.2 Å². The molecule has 2 aliphatic rings. The fourth-order valence-corrected chi connectivity index (χ4v) is 3.59. The molecule has 28 heavy (non-hydrogen) atoms. The number of hydrogen-bond acceptors (Lipinski definition) is 5. The molecule has 2 saturated heterocycles. The zero-order valence-corrected chi connectivity index (χ0v) is 14.9. The highest BCUT2D eigenvalue weighted by Gasteiger charge is 2.48. The Morgan fingerprint density at radius 1 is 1.21 bits per heavy atom. The third kappa shape index (κ3) is 4.62. The van der Waals surface area contributed by atoms with Crippen molar-refractivity contribution in [1.82, 2.24) is 4.90 Å². The second-order valence-electron chi connectivity index (χ2n) is 6.66. The van der Waals surface area contributed by atoms with E-state index in [1.54, 1.807) is 0 Å². The molecule has 2 aliphatic heterocycles. The van der Waals surface area contributed by atoms with Crippen LogP contribution in [0.1, 0.15) is 35.2 Å². The number of piperidine rings is 1. The van der Waals surface area contributed by atoms with Crippen molar-refractivity contribution in [2.24, 2.45) is 0 Å². The van der Waals surface area contributed by atoms with Gasteiger partial charge in [-0.05, 0) is 31.4 Å². The second kappa shape index (κ2) is 8.89. The maximum absolute atomic E-state index is 13.1. The van der Waals surface area contributed by atoms with Gasteiger partial charge in [-0.3, -0.25) is 9.59 Å². The van der Waals surface area contributed by atoms with Crippen LogP contribution in [-0.2, 0) is 15.7 Å². The molecule has 1 aromatic rings. The summed E-state index contributed by atoms with van der Waals surface area (Å²) in [6.45, 7) is 0.382. The monoisotopic (exact) mass is 405 g/mol. The lowest BCUT2D eigenvalue weighted by molar-refractivity contribution is -0.212. The molecule has 0 aliphatic carbocycles. The third-order valence-electron chi connectivity index (χ3n) is 5.07. The first-order valence-electron chi connectivity index (χ1n) is 8.69. The summed E-state index contributed by atoms with van der Waals surface area (Å²) in [5.41, 5.74) is -2.27. The van der Waals surface area contributed by atoms with E-state index in [-0.39, 0.29) is 38.0 Å². The molecule has 1 aromatic carbocycles. The van der Waals surface area contributed by atoms with Crippen LogP contribution in [0.3, 0.4) is 0 Å². The zero-order chi connectivity index (χ0) is 20.9. The molecular formula is C18H22F3NO6. The molecule has 0 aromatic heterocycles. The van der Waals surface area contributed by atoms with Gasteiger partial charge >= 0.3 is 6.18 Å². The average Bonchev–Trinajstić information content (AvgIpc) is 2.66. The van der Waals surface area contributed by atoms with E-state index in [2.05, 4.69) is 0 Å². The van der Waals surface area contributed by atoms with Crippen LogP contribution >= 0.6 is 0 Å². The smallest absolute Gasteiger partial charge is 0.417 e. The molecule has 0 unspecified atom stereocenters. The van der Waals surface area contributed by atoms with Gasteiger partial charge in [-0.1, -0.05) is 12.1 Å². The van der Waals surface area contributed by atoms with Gasteiger partial charge in [0.2, 0.25) is 0 Å². The minimum absolute atomic E-state index is 0.162. The number of amides is 1. The number of rotatable bonds is 1. The second-order valence-corrected chi connectivity index (χ2v) is 6.66. The van der Waals surface area contributed by atoms with Gasteiger partial charge in [0.1, 0.15) is 6.10 Å². The van der Waals surface area contributed by atoms with Gasteiger partial charge < -0.3 is 25.0 Å². The van der Waals surface area contributed by atoms with Crippen LogP contribution in [-0.4, -0.2) is 70.1 Å².